The first-order valence-electron chi connectivity index (χ1n) is 8.01. The SMILES string of the molecule is CC(C)NCCC1(C)OCCc2nc(-c3ccccc3)sc21. The predicted molar refractivity (Wildman–Crippen MR) is 92.3 cm³/mol. The highest BCUT2D eigenvalue weighted by Gasteiger charge is 2.36. The molecule has 1 aliphatic heterocycles. The van der Waals surface area contributed by atoms with Crippen LogP contribution in [0, 0.1) is 0 Å². The number of rotatable bonds is 5. The molecule has 0 fully saturated rings. The van der Waals surface area contributed by atoms with E-state index in [1.54, 1.807) is 11.3 Å². The fourth-order valence-corrected chi connectivity index (χ4v) is 4.11. The summed E-state index contributed by atoms with van der Waals surface area (Å²) in [4.78, 5) is 6.19. The molecule has 118 valence electrons. The van der Waals surface area contributed by atoms with Crippen LogP contribution in [-0.4, -0.2) is 24.2 Å². The molecule has 0 saturated carbocycles. The van der Waals surface area contributed by atoms with Gasteiger partial charge in [-0.1, -0.05) is 44.2 Å². The van der Waals surface area contributed by atoms with Gasteiger partial charge < -0.3 is 10.1 Å². The van der Waals surface area contributed by atoms with Gasteiger partial charge >= 0.3 is 0 Å². The molecule has 1 atom stereocenters. The van der Waals surface area contributed by atoms with E-state index in [0.717, 1.165) is 31.0 Å². The summed E-state index contributed by atoms with van der Waals surface area (Å²) in [6, 6.07) is 10.9. The lowest BCUT2D eigenvalue weighted by molar-refractivity contribution is -0.0495. The summed E-state index contributed by atoms with van der Waals surface area (Å²) in [5.41, 5.74) is 2.21. The maximum atomic E-state index is 6.15. The molecule has 0 amide bonds. The summed E-state index contributed by atoms with van der Waals surface area (Å²) in [5.74, 6) is 0. The van der Waals surface area contributed by atoms with E-state index in [9.17, 15) is 0 Å². The highest BCUT2D eigenvalue weighted by Crippen LogP contribution is 2.41. The average molecular weight is 316 g/mol. The van der Waals surface area contributed by atoms with E-state index in [0.29, 0.717) is 6.04 Å². The van der Waals surface area contributed by atoms with Gasteiger partial charge in [-0.25, -0.2) is 4.98 Å². The molecule has 0 spiro atoms. The Hall–Kier alpha value is -1.23. The molecule has 3 nitrogen and oxygen atoms in total. The van der Waals surface area contributed by atoms with Gasteiger partial charge in [0.25, 0.3) is 0 Å². The number of benzene rings is 1. The van der Waals surface area contributed by atoms with Crippen LogP contribution in [0.5, 0.6) is 0 Å². The average Bonchev–Trinajstić information content (AvgIpc) is 2.94. The van der Waals surface area contributed by atoms with Crippen LogP contribution in [0.2, 0.25) is 0 Å². The third-order valence-corrected chi connectivity index (χ3v) is 5.50. The fraction of sp³-hybridized carbons (Fsp3) is 0.500. The van der Waals surface area contributed by atoms with Crippen molar-refractivity contribution in [2.24, 2.45) is 0 Å². The van der Waals surface area contributed by atoms with E-state index >= 15 is 0 Å². The Bertz CT molecular complexity index is 623. The molecule has 2 heterocycles. The van der Waals surface area contributed by atoms with Crippen molar-refractivity contribution in [2.45, 2.75) is 45.3 Å². The molecule has 3 rings (SSSR count). The number of ether oxygens (including phenoxy) is 1. The molecule has 0 aliphatic carbocycles. The van der Waals surface area contributed by atoms with E-state index in [1.807, 2.05) is 6.07 Å². The second kappa shape index (κ2) is 6.49. The summed E-state index contributed by atoms with van der Waals surface area (Å²) in [6.45, 7) is 8.29. The second-order valence-electron chi connectivity index (χ2n) is 6.35. The first-order valence-corrected chi connectivity index (χ1v) is 8.83. The van der Waals surface area contributed by atoms with Gasteiger partial charge in [0.05, 0.1) is 17.2 Å². The lowest BCUT2D eigenvalue weighted by Crippen LogP contribution is -2.36. The zero-order valence-electron chi connectivity index (χ0n) is 13.6. The summed E-state index contributed by atoms with van der Waals surface area (Å²) in [6.07, 6.45) is 1.90. The first kappa shape index (κ1) is 15.7. The predicted octanol–water partition coefficient (Wildman–Crippen LogP) is 3.99. The summed E-state index contributed by atoms with van der Waals surface area (Å²) >= 11 is 1.79. The number of thiazole rings is 1. The van der Waals surface area contributed by atoms with Gasteiger partial charge in [0, 0.05) is 18.0 Å². The van der Waals surface area contributed by atoms with E-state index < -0.39 is 0 Å². The van der Waals surface area contributed by atoms with Crippen molar-refractivity contribution in [1.82, 2.24) is 10.3 Å². The number of hydrogen-bond acceptors (Lipinski definition) is 4. The molecule has 1 aromatic carbocycles. The van der Waals surface area contributed by atoms with Crippen molar-refractivity contribution < 1.29 is 4.74 Å². The van der Waals surface area contributed by atoms with Crippen LogP contribution in [0.3, 0.4) is 0 Å². The maximum Gasteiger partial charge on any atom is 0.123 e. The van der Waals surface area contributed by atoms with Gasteiger partial charge in [0.2, 0.25) is 0 Å². The fourth-order valence-electron chi connectivity index (χ4n) is 2.86. The second-order valence-corrected chi connectivity index (χ2v) is 7.35. The molecule has 1 unspecified atom stereocenters. The lowest BCUT2D eigenvalue weighted by atomic mass is 9.95. The largest absolute Gasteiger partial charge is 0.369 e. The quantitative estimate of drug-likeness (QED) is 0.906. The molecule has 0 radical (unpaired) electrons. The number of nitrogens with one attached hydrogen (secondary N) is 1. The Kier molecular flexibility index (Phi) is 4.62. The van der Waals surface area contributed by atoms with Crippen LogP contribution in [0.4, 0.5) is 0 Å². The topological polar surface area (TPSA) is 34.1 Å². The Morgan fingerprint density at radius 3 is 2.82 bits per heavy atom. The van der Waals surface area contributed by atoms with Crippen molar-refractivity contribution in [3.8, 4) is 10.6 Å². The first-order chi connectivity index (χ1) is 10.6. The van der Waals surface area contributed by atoms with Crippen LogP contribution in [0.1, 0.15) is 37.8 Å². The van der Waals surface area contributed by atoms with Crippen molar-refractivity contribution in [1.29, 1.82) is 0 Å². The minimum Gasteiger partial charge on any atom is -0.369 e. The highest BCUT2D eigenvalue weighted by atomic mass is 32.1. The number of nitrogens with zero attached hydrogens (tertiary/aromatic N) is 1. The summed E-state index contributed by atoms with van der Waals surface area (Å²) < 4.78 is 6.15. The lowest BCUT2D eigenvalue weighted by Gasteiger charge is -2.33. The van der Waals surface area contributed by atoms with Crippen LogP contribution >= 0.6 is 11.3 Å². The van der Waals surface area contributed by atoms with Crippen molar-refractivity contribution >= 4 is 11.3 Å². The molecule has 2 aromatic rings. The molecular formula is C18H24N2OS. The van der Waals surface area contributed by atoms with Gasteiger partial charge in [0.15, 0.2) is 0 Å². The van der Waals surface area contributed by atoms with E-state index in [4.69, 9.17) is 9.72 Å². The Balaban J connectivity index is 1.85. The highest BCUT2D eigenvalue weighted by molar-refractivity contribution is 7.15. The zero-order valence-corrected chi connectivity index (χ0v) is 14.4. The van der Waals surface area contributed by atoms with E-state index in [2.05, 4.69) is 50.4 Å². The number of fused-ring (bicyclic) bond motifs is 1. The molecular weight excluding hydrogens is 292 g/mol. The standard InChI is InChI=1S/C18H24N2OS/c1-13(2)19-11-10-18(3)16-15(9-12-21-18)20-17(22-16)14-7-5-4-6-8-14/h4-8,13,19H,9-12H2,1-3H3. The van der Waals surface area contributed by atoms with Crippen LogP contribution in [-0.2, 0) is 16.8 Å². The van der Waals surface area contributed by atoms with E-state index in [-0.39, 0.29) is 5.60 Å². The van der Waals surface area contributed by atoms with Crippen LogP contribution < -0.4 is 5.32 Å². The molecule has 4 heteroatoms. The molecule has 1 aromatic heterocycles. The van der Waals surface area contributed by atoms with Crippen molar-refractivity contribution in [3.05, 3.63) is 40.9 Å². The Morgan fingerprint density at radius 2 is 2.09 bits per heavy atom. The Morgan fingerprint density at radius 1 is 1.32 bits per heavy atom. The minimum absolute atomic E-state index is 0.208. The molecule has 22 heavy (non-hydrogen) atoms. The van der Waals surface area contributed by atoms with Gasteiger partial charge in [-0.05, 0) is 19.9 Å². The molecule has 1 aliphatic rings. The minimum atomic E-state index is -0.208. The van der Waals surface area contributed by atoms with Crippen LogP contribution in [0.25, 0.3) is 10.6 Å². The van der Waals surface area contributed by atoms with Gasteiger partial charge in [-0.3, -0.25) is 0 Å². The van der Waals surface area contributed by atoms with Gasteiger partial charge in [-0.15, -0.1) is 11.3 Å². The monoisotopic (exact) mass is 316 g/mol. The van der Waals surface area contributed by atoms with Crippen LogP contribution in [0.15, 0.2) is 30.3 Å². The number of hydrogen-bond donors (Lipinski definition) is 1. The zero-order chi connectivity index (χ0) is 15.6. The summed E-state index contributed by atoms with van der Waals surface area (Å²) in [7, 11) is 0. The van der Waals surface area contributed by atoms with Crippen molar-refractivity contribution in [2.75, 3.05) is 13.2 Å². The third kappa shape index (κ3) is 3.24. The maximum absolute atomic E-state index is 6.15. The Labute approximate surface area is 136 Å². The van der Waals surface area contributed by atoms with E-state index in [1.165, 1.54) is 16.1 Å². The van der Waals surface area contributed by atoms with Gasteiger partial charge in [-0.2, -0.15) is 0 Å². The summed E-state index contributed by atoms with van der Waals surface area (Å²) in [5, 5.41) is 4.60. The third-order valence-electron chi connectivity index (χ3n) is 4.11. The normalized spacial score (nSPS) is 21.1. The molecule has 0 saturated heterocycles. The number of aromatic nitrogens is 1. The smallest absolute Gasteiger partial charge is 0.123 e. The molecule has 0 bridgehead atoms. The van der Waals surface area contributed by atoms with Gasteiger partial charge in [0.1, 0.15) is 10.6 Å². The van der Waals surface area contributed by atoms with Crippen molar-refractivity contribution in [3.63, 3.8) is 0 Å². The molecule has 1 N–H and O–H groups in total.